The molecule has 5 heteroatoms. The van der Waals surface area contributed by atoms with E-state index in [0.29, 0.717) is 31.0 Å². The second-order valence-corrected chi connectivity index (χ2v) is 5.39. The van der Waals surface area contributed by atoms with E-state index in [2.05, 4.69) is 0 Å². The van der Waals surface area contributed by atoms with Crippen molar-refractivity contribution < 1.29 is 8.42 Å². The zero-order chi connectivity index (χ0) is 12.0. The summed E-state index contributed by atoms with van der Waals surface area (Å²) in [5, 5.41) is 0. The molecule has 0 saturated carbocycles. The molecule has 0 spiro atoms. The summed E-state index contributed by atoms with van der Waals surface area (Å²) in [5.41, 5.74) is 5.39. The minimum atomic E-state index is -3.35. The van der Waals surface area contributed by atoms with Crippen molar-refractivity contribution >= 4 is 10.0 Å². The fourth-order valence-corrected chi connectivity index (χ4v) is 2.97. The third kappa shape index (κ3) is 3.04. The maximum absolute atomic E-state index is 12.2. The standard InChI is InChI=1S/C11H18N2O2S/c1-2-13(10-6-9-12)16(14,15)11-7-4-3-5-8-11/h3-5,7-8H,2,6,9-10,12H2,1H3. The van der Waals surface area contributed by atoms with Crippen molar-refractivity contribution in [3.05, 3.63) is 30.3 Å². The molecular weight excluding hydrogens is 224 g/mol. The van der Waals surface area contributed by atoms with Gasteiger partial charge in [-0.15, -0.1) is 0 Å². The summed E-state index contributed by atoms with van der Waals surface area (Å²) in [7, 11) is -3.35. The quantitative estimate of drug-likeness (QED) is 0.811. The van der Waals surface area contributed by atoms with Crippen molar-refractivity contribution in [2.75, 3.05) is 19.6 Å². The molecular formula is C11H18N2O2S. The highest BCUT2D eigenvalue weighted by Crippen LogP contribution is 2.14. The maximum Gasteiger partial charge on any atom is 0.243 e. The van der Waals surface area contributed by atoms with Gasteiger partial charge in [0.25, 0.3) is 0 Å². The molecule has 0 amide bonds. The van der Waals surface area contributed by atoms with Gasteiger partial charge in [-0.3, -0.25) is 0 Å². The first-order chi connectivity index (χ1) is 7.62. The molecule has 16 heavy (non-hydrogen) atoms. The van der Waals surface area contributed by atoms with Gasteiger partial charge in [-0.1, -0.05) is 25.1 Å². The second kappa shape index (κ2) is 5.98. The van der Waals surface area contributed by atoms with E-state index in [0.717, 1.165) is 0 Å². The fourth-order valence-electron chi connectivity index (χ4n) is 1.46. The van der Waals surface area contributed by atoms with Crippen molar-refractivity contribution in [1.29, 1.82) is 0 Å². The van der Waals surface area contributed by atoms with Gasteiger partial charge in [-0.25, -0.2) is 8.42 Å². The molecule has 0 heterocycles. The number of nitrogens with two attached hydrogens (primary N) is 1. The van der Waals surface area contributed by atoms with Gasteiger partial charge in [0.1, 0.15) is 0 Å². The second-order valence-electron chi connectivity index (χ2n) is 3.45. The van der Waals surface area contributed by atoms with Crippen molar-refractivity contribution in [2.45, 2.75) is 18.2 Å². The van der Waals surface area contributed by atoms with E-state index in [9.17, 15) is 8.42 Å². The average molecular weight is 242 g/mol. The third-order valence-electron chi connectivity index (χ3n) is 2.35. The largest absolute Gasteiger partial charge is 0.330 e. The summed E-state index contributed by atoms with van der Waals surface area (Å²) in [5.74, 6) is 0. The van der Waals surface area contributed by atoms with Crippen LogP contribution in [0.3, 0.4) is 0 Å². The summed E-state index contributed by atoms with van der Waals surface area (Å²) in [6, 6.07) is 8.48. The van der Waals surface area contributed by atoms with Crippen LogP contribution < -0.4 is 5.73 Å². The third-order valence-corrected chi connectivity index (χ3v) is 4.33. The van der Waals surface area contributed by atoms with Crippen molar-refractivity contribution in [1.82, 2.24) is 4.31 Å². The van der Waals surface area contributed by atoms with E-state index >= 15 is 0 Å². The predicted octanol–water partition coefficient (Wildman–Crippen LogP) is 1.05. The van der Waals surface area contributed by atoms with Crippen LogP contribution in [0.15, 0.2) is 35.2 Å². The lowest BCUT2D eigenvalue weighted by molar-refractivity contribution is 0.423. The number of nitrogens with zero attached hydrogens (tertiary/aromatic N) is 1. The first kappa shape index (κ1) is 13.2. The maximum atomic E-state index is 12.2. The highest BCUT2D eigenvalue weighted by molar-refractivity contribution is 7.89. The lowest BCUT2D eigenvalue weighted by Gasteiger charge is -2.19. The van der Waals surface area contributed by atoms with E-state index in [-0.39, 0.29) is 0 Å². The average Bonchev–Trinajstić information content (AvgIpc) is 2.31. The molecule has 0 aliphatic heterocycles. The van der Waals surface area contributed by atoms with Gasteiger partial charge in [-0.2, -0.15) is 4.31 Å². The van der Waals surface area contributed by atoms with Gasteiger partial charge in [0.2, 0.25) is 10.0 Å². The number of sulfonamides is 1. The van der Waals surface area contributed by atoms with Crippen LogP contribution in [0.25, 0.3) is 0 Å². The molecule has 0 radical (unpaired) electrons. The Kier molecular flexibility index (Phi) is 4.92. The summed E-state index contributed by atoms with van der Waals surface area (Å²) in [4.78, 5) is 0.342. The molecule has 1 aromatic rings. The van der Waals surface area contributed by atoms with Crippen LogP contribution in [0.5, 0.6) is 0 Å². The summed E-state index contributed by atoms with van der Waals surface area (Å²) >= 11 is 0. The van der Waals surface area contributed by atoms with Crippen LogP contribution in [0.1, 0.15) is 13.3 Å². The predicted molar refractivity (Wildman–Crippen MR) is 64.5 cm³/mol. The van der Waals surface area contributed by atoms with Crippen LogP contribution in [0.2, 0.25) is 0 Å². The van der Waals surface area contributed by atoms with Crippen molar-refractivity contribution in [3.63, 3.8) is 0 Å². The zero-order valence-electron chi connectivity index (χ0n) is 9.46. The monoisotopic (exact) mass is 242 g/mol. The normalized spacial score (nSPS) is 11.9. The fraction of sp³-hybridized carbons (Fsp3) is 0.455. The lowest BCUT2D eigenvalue weighted by Crippen LogP contribution is -2.32. The van der Waals surface area contributed by atoms with Gasteiger partial charge in [0.15, 0.2) is 0 Å². The van der Waals surface area contributed by atoms with Gasteiger partial charge in [0, 0.05) is 13.1 Å². The first-order valence-corrected chi connectivity index (χ1v) is 6.82. The summed E-state index contributed by atoms with van der Waals surface area (Å²) in [6.45, 7) is 3.28. The van der Waals surface area contributed by atoms with E-state index in [1.807, 2.05) is 6.92 Å². The lowest BCUT2D eigenvalue weighted by atomic mass is 10.4. The number of hydrogen-bond donors (Lipinski definition) is 1. The Morgan fingerprint density at radius 1 is 1.25 bits per heavy atom. The van der Waals surface area contributed by atoms with E-state index in [1.165, 1.54) is 4.31 Å². The highest BCUT2D eigenvalue weighted by Gasteiger charge is 2.21. The zero-order valence-corrected chi connectivity index (χ0v) is 10.3. The molecule has 1 rings (SSSR count). The van der Waals surface area contributed by atoms with Crippen LogP contribution in [0, 0.1) is 0 Å². The minimum Gasteiger partial charge on any atom is -0.330 e. The van der Waals surface area contributed by atoms with Crippen LogP contribution in [-0.2, 0) is 10.0 Å². The highest BCUT2D eigenvalue weighted by atomic mass is 32.2. The minimum absolute atomic E-state index is 0.342. The molecule has 0 aliphatic rings. The van der Waals surface area contributed by atoms with Crippen molar-refractivity contribution in [2.24, 2.45) is 5.73 Å². The van der Waals surface area contributed by atoms with E-state index in [1.54, 1.807) is 30.3 Å². The molecule has 2 N–H and O–H groups in total. The Balaban J connectivity index is 2.91. The van der Waals surface area contributed by atoms with Gasteiger partial charge in [-0.05, 0) is 25.1 Å². The van der Waals surface area contributed by atoms with Crippen LogP contribution >= 0.6 is 0 Å². The number of benzene rings is 1. The molecule has 90 valence electrons. The molecule has 0 bridgehead atoms. The van der Waals surface area contributed by atoms with Crippen LogP contribution in [-0.4, -0.2) is 32.4 Å². The van der Waals surface area contributed by atoms with E-state index < -0.39 is 10.0 Å². The Morgan fingerprint density at radius 2 is 1.88 bits per heavy atom. The topological polar surface area (TPSA) is 63.4 Å². The number of hydrogen-bond acceptors (Lipinski definition) is 3. The summed E-state index contributed by atoms with van der Waals surface area (Å²) < 4.78 is 25.8. The van der Waals surface area contributed by atoms with Gasteiger partial charge >= 0.3 is 0 Å². The molecule has 0 aliphatic carbocycles. The smallest absolute Gasteiger partial charge is 0.243 e. The molecule has 4 nitrogen and oxygen atoms in total. The molecule has 1 aromatic carbocycles. The van der Waals surface area contributed by atoms with Gasteiger partial charge in [0.05, 0.1) is 4.90 Å². The molecule has 0 fully saturated rings. The Morgan fingerprint density at radius 3 is 2.38 bits per heavy atom. The first-order valence-electron chi connectivity index (χ1n) is 5.38. The molecule has 0 saturated heterocycles. The SMILES string of the molecule is CCN(CCCN)S(=O)(=O)c1ccccc1. The molecule has 0 atom stereocenters. The van der Waals surface area contributed by atoms with E-state index in [4.69, 9.17) is 5.73 Å². The Bertz CT molecular complexity index is 403. The number of rotatable bonds is 6. The molecule has 0 aromatic heterocycles. The van der Waals surface area contributed by atoms with Crippen LogP contribution in [0.4, 0.5) is 0 Å². The van der Waals surface area contributed by atoms with Crippen molar-refractivity contribution in [3.8, 4) is 0 Å². The Labute approximate surface area is 97.1 Å². The van der Waals surface area contributed by atoms with Gasteiger partial charge < -0.3 is 5.73 Å². The summed E-state index contributed by atoms with van der Waals surface area (Å²) in [6.07, 6.45) is 0.680. The molecule has 0 unspecified atom stereocenters. The Hall–Kier alpha value is -0.910.